The number of non-ortho nitro benzene ring substituents is 1. The van der Waals surface area contributed by atoms with Gasteiger partial charge in [0.25, 0.3) is 11.6 Å². The topological polar surface area (TPSA) is 95.7 Å². The third-order valence-corrected chi connectivity index (χ3v) is 3.78. The van der Waals surface area contributed by atoms with Gasteiger partial charge in [0.1, 0.15) is 6.04 Å². The Morgan fingerprint density at radius 1 is 1.12 bits per heavy atom. The van der Waals surface area contributed by atoms with E-state index in [4.69, 9.17) is 0 Å². The zero-order chi connectivity index (χ0) is 17.1. The highest BCUT2D eigenvalue weighted by atomic mass is 16.6. The molecule has 0 spiro atoms. The Bertz CT molecular complexity index is 787. The van der Waals surface area contributed by atoms with E-state index >= 15 is 0 Å². The molecule has 2 aromatic rings. The van der Waals surface area contributed by atoms with E-state index in [1.807, 2.05) is 30.3 Å². The molecular weight excluding hydrogens is 310 g/mol. The predicted molar refractivity (Wildman–Crippen MR) is 86.8 cm³/mol. The third kappa shape index (κ3) is 3.26. The molecule has 0 aromatic heterocycles. The fourth-order valence-corrected chi connectivity index (χ4v) is 2.54. The number of hydroxylamine groups is 2. The molecule has 0 fully saturated rings. The second-order valence-corrected chi connectivity index (χ2v) is 5.42. The van der Waals surface area contributed by atoms with E-state index in [1.165, 1.54) is 18.3 Å². The van der Waals surface area contributed by atoms with Crippen molar-refractivity contribution in [2.75, 3.05) is 0 Å². The number of amides is 1. The van der Waals surface area contributed by atoms with Crippen LogP contribution in [-0.4, -0.2) is 27.1 Å². The van der Waals surface area contributed by atoms with Gasteiger partial charge in [-0.2, -0.15) is 5.06 Å². The Hall–Kier alpha value is -3.19. The first-order valence-corrected chi connectivity index (χ1v) is 7.33. The van der Waals surface area contributed by atoms with Crippen molar-refractivity contribution in [3.63, 3.8) is 0 Å². The Morgan fingerprint density at radius 3 is 2.42 bits per heavy atom. The Morgan fingerprint density at radius 2 is 1.79 bits per heavy atom. The zero-order valence-corrected chi connectivity index (χ0v) is 12.6. The first-order chi connectivity index (χ1) is 11.5. The van der Waals surface area contributed by atoms with Gasteiger partial charge in [0.2, 0.25) is 0 Å². The van der Waals surface area contributed by atoms with Crippen molar-refractivity contribution in [3.8, 4) is 0 Å². The van der Waals surface area contributed by atoms with Gasteiger partial charge in [0.15, 0.2) is 0 Å². The molecule has 0 saturated carbocycles. The highest BCUT2D eigenvalue weighted by Gasteiger charge is 2.28. The molecule has 0 aliphatic carbocycles. The molecular formula is C17H15N3O4. The Balaban J connectivity index is 1.82. The lowest BCUT2D eigenvalue weighted by atomic mass is 10.0. The van der Waals surface area contributed by atoms with Crippen LogP contribution in [0.3, 0.4) is 0 Å². The maximum atomic E-state index is 12.1. The molecule has 3 rings (SSSR count). The average Bonchev–Trinajstić information content (AvgIpc) is 2.60. The fraction of sp³-hybridized carbons (Fsp3) is 0.118. The van der Waals surface area contributed by atoms with E-state index in [-0.39, 0.29) is 5.69 Å². The molecule has 0 radical (unpaired) electrons. The summed E-state index contributed by atoms with van der Waals surface area (Å²) in [7, 11) is 0. The van der Waals surface area contributed by atoms with Crippen LogP contribution in [0.15, 0.2) is 60.8 Å². The summed E-state index contributed by atoms with van der Waals surface area (Å²) in [6.07, 6.45) is 1.69. The van der Waals surface area contributed by atoms with Crippen molar-refractivity contribution in [2.24, 2.45) is 0 Å². The SMILES string of the molecule is O=C1C(Cc2ccccc2)NC(c2ccc([N+](=O)[O-])cc2)=CN1O. The van der Waals surface area contributed by atoms with Crippen LogP contribution >= 0.6 is 0 Å². The summed E-state index contributed by atoms with van der Waals surface area (Å²) >= 11 is 0. The van der Waals surface area contributed by atoms with Crippen molar-refractivity contribution in [2.45, 2.75) is 12.5 Å². The number of carbonyl (C=O) groups excluding carboxylic acids is 1. The second-order valence-electron chi connectivity index (χ2n) is 5.42. The number of hydrogen-bond acceptors (Lipinski definition) is 5. The number of benzene rings is 2. The highest BCUT2D eigenvalue weighted by Crippen LogP contribution is 2.21. The summed E-state index contributed by atoms with van der Waals surface area (Å²) in [5, 5.41) is 24.2. The maximum absolute atomic E-state index is 12.1. The molecule has 7 nitrogen and oxygen atoms in total. The van der Waals surface area contributed by atoms with E-state index in [0.717, 1.165) is 5.56 Å². The lowest BCUT2D eigenvalue weighted by Crippen LogP contribution is -2.48. The average molecular weight is 325 g/mol. The molecule has 2 aromatic carbocycles. The summed E-state index contributed by atoms with van der Waals surface area (Å²) in [5.74, 6) is -0.454. The van der Waals surface area contributed by atoms with Gasteiger partial charge >= 0.3 is 0 Å². The molecule has 0 saturated heterocycles. The molecule has 1 aliphatic heterocycles. The van der Waals surface area contributed by atoms with E-state index in [2.05, 4.69) is 5.32 Å². The van der Waals surface area contributed by atoms with E-state index in [1.54, 1.807) is 12.1 Å². The number of rotatable bonds is 4. The number of nitro benzene ring substituents is 1. The van der Waals surface area contributed by atoms with Crippen molar-refractivity contribution in [1.82, 2.24) is 10.4 Å². The van der Waals surface area contributed by atoms with Crippen molar-refractivity contribution in [3.05, 3.63) is 82.0 Å². The normalized spacial score (nSPS) is 17.2. The molecule has 1 atom stereocenters. The molecule has 1 unspecified atom stereocenters. The first kappa shape index (κ1) is 15.7. The number of hydrogen-bond donors (Lipinski definition) is 2. The lowest BCUT2D eigenvalue weighted by molar-refractivity contribution is -0.384. The van der Waals surface area contributed by atoms with Crippen LogP contribution in [0.4, 0.5) is 5.69 Å². The maximum Gasteiger partial charge on any atom is 0.272 e. The van der Waals surface area contributed by atoms with E-state index in [0.29, 0.717) is 22.7 Å². The minimum Gasteiger partial charge on any atom is -0.372 e. The predicted octanol–water partition coefficient (Wildman–Crippen LogP) is 2.33. The Labute approximate surface area is 137 Å². The minimum absolute atomic E-state index is 0.0204. The van der Waals surface area contributed by atoms with Crippen LogP contribution in [0.2, 0.25) is 0 Å². The van der Waals surface area contributed by atoms with Gasteiger partial charge in [-0.15, -0.1) is 0 Å². The third-order valence-electron chi connectivity index (χ3n) is 3.78. The molecule has 1 heterocycles. The Kier molecular flexibility index (Phi) is 4.26. The summed E-state index contributed by atoms with van der Waals surface area (Å²) in [6, 6.07) is 14.7. The molecule has 2 N–H and O–H groups in total. The van der Waals surface area contributed by atoms with Crippen molar-refractivity contribution in [1.29, 1.82) is 0 Å². The van der Waals surface area contributed by atoms with Crippen molar-refractivity contribution >= 4 is 17.3 Å². The van der Waals surface area contributed by atoms with Crippen LogP contribution in [0.1, 0.15) is 11.1 Å². The molecule has 1 aliphatic rings. The molecule has 7 heteroatoms. The van der Waals surface area contributed by atoms with E-state index in [9.17, 15) is 20.1 Å². The number of nitrogens with zero attached hydrogens (tertiary/aromatic N) is 2. The largest absolute Gasteiger partial charge is 0.372 e. The number of nitrogens with one attached hydrogen (secondary N) is 1. The lowest BCUT2D eigenvalue weighted by Gasteiger charge is -2.29. The summed E-state index contributed by atoms with van der Waals surface area (Å²) < 4.78 is 0. The standard InChI is InChI=1S/C17H15N3O4/c21-17-15(10-12-4-2-1-3-5-12)18-16(11-19(17)22)13-6-8-14(9-7-13)20(23)24/h1-9,11,15,18,22H,10H2. The van der Waals surface area contributed by atoms with Gasteiger partial charge in [-0.1, -0.05) is 30.3 Å². The summed E-state index contributed by atoms with van der Waals surface area (Å²) in [5.41, 5.74) is 2.10. The van der Waals surface area contributed by atoms with Crippen LogP contribution in [-0.2, 0) is 11.2 Å². The van der Waals surface area contributed by atoms with Crippen LogP contribution in [0.5, 0.6) is 0 Å². The van der Waals surface area contributed by atoms with Crippen LogP contribution in [0, 0.1) is 10.1 Å². The monoisotopic (exact) mass is 325 g/mol. The van der Waals surface area contributed by atoms with Gasteiger partial charge in [0.05, 0.1) is 16.8 Å². The quantitative estimate of drug-likeness (QED) is 0.511. The van der Waals surface area contributed by atoms with Gasteiger partial charge in [0, 0.05) is 18.6 Å². The van der Waals surface area contributed by atoms with Crippen LogP contribution in [0.25, 0.3) is 5.70 Å². The van der Waals surface area contributed by atoms with Gasteiger partial charge in [-0.25, -0.2) is 0 Å². The smallest absolute Gasteiger partial charge is 0.272 e. The molecule has 24 heavy (non-hydrogen) atoms. The summed E-state index contributed by atoms with van der Waals surface area (Å²) in [6.45, 7) is 0. The molecule has 122 valence electrons. The molecule has 0 bridgehead atoms. The highest BCUT2D eigenvalue weighted by molar-refractivity contribution is 5.87. The van der Waals surface area contributed by atoms with Crippen LogP contribution < -0.4 is 5.32 Å². The van der Waals surface area contributed by atoms with Gasteiger partial charge in [-0.05, 0) is 23.3 Å². The number of nitro groups is 1. The van der Waals surface area contributed by atoms with Gasteiger partial charge < -0.3 is 5.32 Å². The minimum atomic E-state index is -0.618. The molecule has 1 amide bonds. The zero-order valence-electron chi connectivity index (χ0n) is 12.6. The second kappa shape index (κ2) is 6.51. The van der Waals surface area contributed by atoms with Crippen molar-refractivity contribution < 1.29 is 14.9 Å². The first-order valence-electron chi connectivity index (χ1n) is 7.33. The van der Waals surface area contributed by atoms with E-state index < -0.39 is 16.9 Å². The van der Waals surface area contributed by atoms with Gasteiger partial charge in [-0.3, -0.25) is 20.1 Å². The summed E-state index contributed by atoms with van der Waals surface area (Å²) in [4.78, 5) is 22.4. The number of carbonyl (C=O) groups is 1. The fourth-order valence-electron chi connectivity index (χ4n) is 2.54.